The minimum atomic E-state index is -0.336. The SMILES string of the molecule is O=C(CCc1ccc(Cl)cc1Cl)Nc1ccc(NC(=O)c2ccco2)cc1. The van der Waals surface area contributed by atoms with Gasteiger partial charge in [0.2, 0.25) is 5.91 Å². The number of hydrogen-bond acceptors (Lipinski definition) is 3. The summed E-state index contributed by atoms with van der Waals surface area (Å²) in [5.41, 5.74) is 2.10. The van der Waals surface area contributed by atoms with E-state index in [4.69, 9.17) is 27.6 Å². The summed E-state index contributed by atoms with van der Waals surface area (Å²) >= 11 is 12.0. The number of furan rings is 1. The highest BCUT2D eigenvalue weighted by atomic mass is 35.5. The molecule has 0 bridgehead atoms. The van der Waals surface area contributed by atoms with Crippen molar-refractivity contribution in [1.29, 1.82) is 0 Å². The molecule has 0 aliphatic carbocycles. The highest BCUT2D eigenvalue weighted by Crippen LogP contribution is 2.22. The summed E-state index contributed by atoms with van der Waals surface area (Å²) in [5.74, 6) is -0.238. The predicted molar refractivity (Wildman–Crippen MR) is 107 cm³/mol. The molecule has 1 heterocycles. The van der Waals surface area contributed by atoms with Crippen LogP contribution < -0.4 is 10.6 Å². The number of anilines is 2. The maximum atomic E-state index is 12.1. The van der Waals surface area contributed by atoms with E-state index in [-0.39, 0.29) is 17.6 Å². The van der Waals surface area contributed by atoms with Gasteiger partial charge < -0.3 is 15.1 Å². The molecule has 0 spiro atoms. The Kier molecular flexibility index (Phi) is 6.16. The maximum absolute atomic E-state index is 12.1. The molecule has 2 N–H and O–H groups in total. The highest BCUT2D eigenvalue weighted by Gasteiger charge is 2.09. The first-order chi connectivity index (χ1) is 13.0. The molecule has 0 aliphatic rings. The molecule has 5 nitrogen and oxygen atoms in total. The van der Waals surface area contributed by atoms with Gasteiger partial charge in [0, 0.05) is 27.8 Å². The maximum Gasteiger partial charge on any atom is 0.291 e. The van der Waals surface area contributed by atoms with Crippen molar-refractivity contribution in [2.45, 2.75) is 12.8 Å². The van der Waals surface area contributed by atoms with Crippen LogP contribution in [-0.4, -0.2) is 11.8 Å². The standard InChI is InChI=1S/C20H16Cl2N2O3/c21-14-5-3-13(17(22)12-14)4-10-19(25)23-15-6-8-16(9-7-15)24-20(26)18-2-1-11-27-18/h1-3,5-9,11-12H,4,10H2,(H,23,25)(H,24,26). The molecule has 0 atom stereocenters. The molecule has 0 saturated heterocycles. The summed E-state index contributed by atoms with van der Waals surface area (Å²) in [6.45, 7) is 0. The normalized spacial score (nSPS) is 10.4. The molecule has 0 unspecified atom stereocenters. The molecule has 1 aromatic heterocycles. The van der Waals surface area contributed by atoms with Crippen LogP contribution in [0.25, 0.3) is 0 Å². The van der Waals surface area contributed by atoms with E-state index in [1.165, 1.54) is 6.26 Å². The van der Waals surface area contributed by atoms with Gasteiger partial charge in [0.25, 0.3) is 5.91 Å². The summed E-state index contributed by atoms with van der Waals surface area (Å²) < 4.78 is 5.04. The van der Waals surface area contributed by atoms with Gasteiger partial charge >= 0.3 is 0 Å². The van der Waals surface area contributed by atoms with Crippen molar-refractivity contribution in [2.75, 3.05) is 10.6 Å². The van der Waals surface area contributed by atoms with Crippen LogP contribution in [0.4, 0.5) is 11.4 Å². The Morgan fingerprint density at radius 3 is 2.26 bits per heavy atom. The second kappa shape index (κ2) is 8.75. The van der Waals surface area contributed by atoms with Crippen molar-refractivity contribution in [3.63, 3.8) is 0 Å². The van der Waals surface area contributed by atoms with Crippen molar-refractivity contribution < 1.29 is 14.0 Å². The Morgan fingerprint density at radius 2 is 1.63 bits per heavy atom. The van der Waals surface area contributed by atoms with Crippen molar-refractivity contribution in [1.82, 2.24) is 0 Å². The number of nitrogens with one attached hydrogen (secondary N) is 2. The molecule has 2 aromatic carbocycles. The lowest BCUT2D eigenvalue weighted by Crippen LogP contribution is -2.13. The minimum absolute atomic E-state index is 0.131. The average Bonchev–Trinajstić information content (AvgIpc) is 3.17. The Bertz CT molecular complexity index is 938. The Balaban J connectivity index is 1.51. The van der Waals surface area contributed by atoms with Crippen LogP contribution in [-0.2, 0) is 11.2 Å². The van der Waals surface area contributed by atoms with E-state index in [2.05, 4.69) is 10.6 Å². The van der Waals surface area contributed by atoms with E-state index >= 15 is 0 Å². The Morgan fingerprint density at radius 1 is 0.926 bits per heavy atom. The number of hydrogen-bond donors (Lipinski definition) is 2. The van der Waals surface area contributed by atoms with E-state index in [1.54, 1.807) is 48.5 Å². The van der Waals surface area contributed by atoms with Crippen molar-refractivity contribution in [2.24, 2.45) is 0 Å². The summed E-state index contributed by atoms with van der Waals surface area (Å²) in [6.07, 6.45) is 2.24. The Labute approximate surface area is 166 Å². The van der Waals surface area contributed by atoms with Crippen LogP contribution in [0.15, 0.2) is 65.3 Å². The van der Waals surface area contributed by atoms with Crippen molar-refractivity contribution in [3.05, 3.63) is 82.2 Å². The fourth-order valence-electron chi connectivity index (χ4n) is 2.43. The monoisotopic (exact) mass is 402 g/mol. The van der Waals surface area contributed by atoms with Gasteiger partial charge in [-0.05, 0) is 60.5 Å². The van der Waals surface area contributed by atoms with E-state index in [0.717, 1.165) is 5.56 Å². The summed E-state index contributed by atoms with van der Waals surface area (Å²) in [5, 5.41) is 6.63. The smallest absolute Gasteiger partial charge is 0.291 e. The third kappa shape index (κ3) is 5.36. The molecule has 138 valence electrons. The van der Waals surface area contributed by atoms with E-state index < -0.39 is 0 Å². The fourth-order valence-corrected chi connectivity index (χ4v) is 2.94. The number of carbonyl (C=O) groups is 2. The van der Waals surface area contributed by atoms with Crippen LogP contribution in [0, 0.1) is 0 Å². The van der Waals surface area contributed by atoms with Crippen LogP contribution >= 0.6 is 23.2 Å². The molecule has 0 radical (unpaired) electrons. The first kappa shape index (κ1) is 19.0. The average molecular weight is 403 g/mol. The molecular formula is C20H16Cl2N2O3. The zero-order valence-electron chi connectivity index (χ0n) is 14.2. The minimum Gasteiger partial charge on any atom is -0.459 e. The Hall–Kier alpha value is -2.76. The van der Waals surface area contributed by atoms with Gasteiger partial charge in [-0.1, -0.05) is 29.3 Å². The highest BCUT2D eigenvalue weighted by molar-refractivity contribution is 6.35. The topological polar surface area (TPSA) is 71.3 Å². The van der Waals surface area contributed by atoms with Gasteiger partial charge in [-0.25, -0.2) is 0 Å². The number of aryl methyl sites for hydroxylation is 1. The summed E-state index contributed by atoms with van der Waals surface area (Å²) in [4.78, 5) is 24.0. The van der Waals surface area contributed by atoms with Crippen LogP contribution in [0.3, 0.4) is 0 Å². The van der Waals surface area contributed by atoms with Crippen LogP contribution in [0.2, 0.25) is 10.0 Å². The van der Waals surface area contributed by atoms with Crippen LogP contribution in [0.1, 0.15) is 22.5 Å². The second-order valence-corrected chi connectivity index (χ2v) is 6.64. The zero-order chi connectivity index (χ0) is 19.2. The van der Waals surface area contributed by atoms with Gasteiger partial charge in [-0.15, -0.1) is 0 Å². The molecule has 0 fully saturated rings. The number of amides is 2. The molecule has 0 saturated carbocycles. The number of rotatable bonds is 6. The first-order valence-electron chi connectivity index (χ1n) is 8.20. The molecule has 27 heavy (non-hydrogen) atoms. The molecule has 3 rings (SSSR count). The van der Waals surface area contributed by atoms with Gasteiger partial charge in [0.1, 0.15) is 0 Å². The predicted octanol–water partition coefficient (Wildman–Crippen LogP) is 5.41. The molecule has 7 heteroatoms. The molecule has 0 aliphatic heterocycles. The third-order valence-corrected chi connectivity index (χ3v) is 4.39. The van der Waals surface area contributed by atoms with Gasteiger partial charge in [0.15, 0.2) is 5.76 Å². The van der Waals surface area contributed by atoms with E-state index in [1.807, 2.05) is 6.07 Å². The molecule has 2 amide bonds. The number of carbonyl (C=O) groups excluding carboxylic acids is 2. The van der Waals surface area contributed by atoms with Crippen molar-refractivity contribution in [3.8, 4) is 0 Å². The van der Waals surface area contributed by atoms with Crippen LogP contribution in [0.5, 0.6) is 0 Å². The largest absolute Gasteiger partial charge is 0.459 e. The summed E-state index contributed by atoms with van der Waals surface area (Å²) in [6, 6.07) is 15.3. The second-order valence-electron chi connectivity index (χ2n) is 5.79. The van der Waals surface area contributed by atoms with Gasteiger partial charge in [-0.3, -0.25) is 9.59 Å². The first-order valence-corrected chi connectivity index (χ1v) is 8.95. The number of halogens is 2. The number of benzene rings is 2. The third-order valence-electron chi connectivity index (χ3n) is 3.81. The quantitative estimate of drug-likeness (QED) is 0.578. The lowest BCUT2D eigenvalue weighted by Gasteiger charge is -2.08. The van der Waals surface area contributed by atoms with Gasteiger partial charge in [0.05, 0.1) is 6.26 Å². The summed E-state index contributed by atoms with van der Waals surface area (Å²) in [7, 11) is 0. The van der Waals surface area contributed by atoms with E-state index in [0.29, 0.717) is 34.3 Å². The zero-order valence-corrected chi connectivity index (χ0v) is 15.7. The lowest BCUT2D eigenvalue weighted by atomic mass is 10.1. The van der Waals surface area contributed by atoms with Crippen molar-refractivity contribution >= 4 is 46.4 Å². The van der Waals surface area contributed by atoms with Gasteiger partial charge in [-0.2, -0.15) is 0 Å². The fraction of sp³-hybridized carbons (Fsp3) is 0.100. The molecule has 3 aromatic rings. The lowest BCUT2D eigenvalue weighted by molar-refractivity contribution is -0.116. The van der Waals surface area contributed by atoms with E-state index in [9.17, 15) is 9.59 Å². The molecular weight excluding hydrogens is 387 g/mol.